The summed E-state index contributed by atoms with van der Waals surface area (Å²) in [6.45, 7) is 5.96. The fraction of sp³-hybridized carbons (Fsp3) is 0.375. The number of rotatable bonds is 5. The Hall–Kier alpha value is -2.14. The lowest BCUT2D eigenvalue weighted by molar-refractivity contribution is 0.589. The van der Waals surface area contributed by atoms with Gasteiger partial charge < -0.3 is 14.5 Å². The first-order valence-corrected chi connectivity index (χ1v) is 7.26. The zero-order valence-corrected chi connectivity index (χ0v) is 12.7. The molecule has 0 aromatic carbocycles. The summed E-state index contributed by atoms with van der Waals surface area (Å²) in [7, 11) is 2.02. The smallest absolute Gasteiger partial charge is 0.140 e. The van der Waals surface area contributed by atoms with Crippen LogP contribution >= 0.6 is 0 Å². The Morgan fingerprint density at radius 2 is 2.19 bits per heavy atom. The molecule has 5 nitrogen and oxygen atoms in total. The van der Waals surface area contributed by atoms with Gasteiger partial charge in [-0.15, -0.1) is 0 Å². The second-order valence-corrected chi connectivity index (χ2v) is 5.69. The number of pyridine rings is 1. The molecule has 0 saturated heterocycles. The SMILES string of the molecule is CC(C)NCc1cn(Cc2cncn2C)c2ncccc12. The van der Waals surface area contributed by atoms with Crippen LogP contribution in [0.2, 0.25) is 0 Å². The molecule has 3 rings (SSSR count). The Bertz CT molecular complexity index is 738. The Balaban J connectivity index is 1.96. The number of imidazole rings is 1. The average Bonchev–Trinajstić information content (AvgIpc) is 3.02. The average molecular weight is 283 g/mol. The van der Waals surface area contributed by atoms with E-state index in [0.717, 1.165) is 18.7 Å². The lowest BCUT2D eigenvalue weighted by Crippen LogP contribution is -2.21. The number of hydrogen-bond acceptors (Lipinski definition) is 3. The summed E-state index contributed by atoms with van der Waals surface area (Å²) in [5.74, 6) is 0. The lowest BCUT2D eigenvalue weighted by atomic mass is 10.2. The highest BCUT2D eigenvalue weighted by molar-refractivity contribution is 5.80. The van der Waals surface area contributed by atoms with Crippen LogP contribution in [0.5, 0.6) is 0 Å². The number of hydrogen-bond donors (Lipinski definition) is 1. The van der Waals surface area contributed by atoms with Crippen LogP contribution in [-0.4, -0.2) is 25.1 Å². The molecular weight excluding hydrogens is 262 g/mol. The molecule has 0 aliphatic heterocycles. The van der Waals surface area contributed by atoms with Crippen LogP contribution in [0.4, 0.5) is 0 Å². The van der Waals surface area contributed by atoms with Crippen molar-refractivity contribution in [3.63, 3.8) is 0 Å². The molecule has 3 aromatic rings. The molecule has 21 heavy (non-hydrogen) atoms. The molecule has 0 aliphatic rings. The number of aryl methyl sites for hydroxylation is 1. The van der Waals surface area contributed by atoms with Gasteiger partial charge in [-0.1, -0.05) is 13.8 Å². The first kappa shape index (κ1) is 13.8. The van der Waals surface area contributed by atoms with Crippen molar-refractivity contribution in [2.24, 2.45) is 7.05 Å². The highest BCUT2D eigenvalue weighted by Gasteiger charge is 2.11. The van der Waals surface area contributed by atoms with E-state index in [1.165, 1.54) is 16.6 Å². The Labute approximate surface area is 124 Å². The minimum Gasteiger partial charge on any atom is -0.336 e. The van der Waals surface area contributed by atoms with E-state index in [4.69, 9.17) is 0 Å². The third kappa shape index (κ3) is 2.83. The van der Waals surface area contributed by atoms with Crippen LogP contribution in [0, 0.1) is 0 Å². The van der Waals surface area contributed by atoms with E-state index in [-0.39, 0.29) is 0 Å². The molecule has 0 radical (unpaired) electrons. The Morgan fingerprint density at radius 3 is 2.90 bits per heavy atom. The minimum absolute atomic E-state index is 0.470. The Morgan fingerprint density at radius 1 is 1.33 bits per heavy atom. The molecule has 3 aromatic heterocycles. The van der Waals surface area contributed by atoms with Gasteiger partial charge in [-0.2, -0.15) is 0 Å². The van der Waals surface area contributed by atoms with Gasteiger partial charge in [-0.25, -0.2) is 9.97 Å². The van der Waals surface area contributed by atoms with Crippen molar-refractivity contribution in [2.45, 2.75) is 33.0 Å². The fourth-order valence-corrected chi connectivity index (χ4v) is 2.48. The zero-order chi connectivity index (χ0) is 14.8. The highest BCUT2D eigenvalue weighted by Crippen LogP contribution is 2.20. The third-order valence-electron chi connectivity index (χ3n) is 3.67. The van der Waals surface area contributed by atoms with Gasteiger partial charge in [0.25, 0.3) is 0 Å². The van der Waals surface area contributed by atoms with Crippen LogP contribution in [0.1, 0.15) is 25.1 Å². The van der Waals surface area contributed by atoms with E-state index in [0.29, 0.717) is 6.04 Å². The maximum Gasteiger partial charge on any atom is 0.140 e. The van der Waals surface area contributed by atoms with Crippen LogP contribution < -0.4 is 5.32 Å². The van der Waals surface area contributed by atoms with Crippen molar-refractivity contribution in [3.8, 4) is 0 Å². The summed E-state index contributed by atoms with van der Waals surface area (Å²) in [5, 5.41) is 4.69. The minimum atomic E-state index is 0.470. The van der Waals surface area contributed by atoms with Crippen LogP contribution in [0.15, 0.2) is 37.1 Å². The molecule has 0 fully saturated rings. The van der Waals surface area contributed by atoms with Crippen molar-refractivity contribution in [3.05, 3.63) is 48.3 Å². The van der Waals surface area contributed by atoms with Gasteiger partial charge in [-0.3, -0.25) is 0 Å². The Kier molecular flexibility index (Phi) is 3.75. The van der Waals surface area contributed by atoms with Crippen molar-refractivity contribution < 1.29 is 0 Å². The van der Waals surface area contributed by atoms with Crippen LogP contribution in [-0.2, 0) is 20.1 Å². The summed E-state index contributed by atoms with van der Waals surface area (Å²) >= 11 is 0. The summed E-state index contributed by atoms with van der Waals surface area (Å²) < 4.78 is 4.24. The number of aromatic nitrogens is 4. The summed E-state index contributed by atoms with van der Waals surface area (Å²) in [4.78, 5) is 8.73. The standard InChI is InChI=1S/C16H21N5/c1-12(2)19-7-13-9-21(10-14-8-17-11-20(14)3)16-15(13)5-4-6-18-16/h4-6,8-9,11-12,19H,7,10H2,1-3H3. The summed E-state index contributed by atoms with van der Waals surface area (Å²) in [6.07, 6.45) is 7.78. The molecule has 1 N–H and O–H groups in total. The van der Waals surface area contributed by atoms with Gasteiger partial charge in [0.1, 0.15) is 5.65 Å². The quantitative estimate of drug-likeness (QED) is 0.781. The van der Waals surface area contributed by atoms with Crippen molar-refractivity contribution in [1.29, 1.82) is 0 Å². The molecule has 110 valence electrons. The van der Waals surface area contributed by atoms with E-state index < -0.39 is 0 Å². The van der Waals surface area contributed by atoms with Gasteiger partial charge in [0, 0.05) is 43.6 Å². The maximum atomic E-state index is 4.54. The van der Waals surface area contributed by atoms with Crippen molar-refractivity contribution in [2.75, 3.05) is 0 Å². The zero-order valence-electron chi connectivity index (χ0n) is 12.7. The van der Waals surface area contributed by atoms with E-state index in [1.54, 1.807) is 0 Å². The van der Waals surface area contributed by atoms with Crippen LogP contribution in [0.3, 0.4) is 0 Å². The normalized spacial score (nSPS) is 11.6. The molecular formula is C16H21N5. The largest absolute Gasteiger partial charge is 0.336 e. The maximum absolute atomic E-state index is 4.54. The first-order valence-electron chi connectivity index (χ1n) is 7.26. The van der Waals surface area contributed by atoms with Gasteiger partial charge in [0.05, 0.1) is 18.6 Å². The molecule has 3 heterocycles. The molecule has 0 unspecified atom stereocenters. The van der Waals surface area contributed by atoms with Gasteiger partial charge in [0.15, 0.2) is 0 Å². The molecule has 5 heteroatoms. The number of fused-ring (bicyclic) bond motifs is 1. The van der Waals surface area contributed by atoms with Gasteiger partial charge >= 0.3 is 0 Å². The lowest BCUT2D eigenvalue weighted by Gasteiger charge is -2.06. The molecule has 0 bridgehead atoms. The third-order valence-corrected chi connectivity index (χ3v) is 3.67. The fourth-order valence-electron chi connectivity index (χ4n) is 2.48. The molecule has 0 aliphatic carbocycles. The highest BCUT2D eigenvalue weighted by atomic mass is 15.1. The predicted octanol–water partition coefficient (Wildman–Crippen LogP) is 2.32. The van der Waals surface area contributed by atoms with E-state index in [2.05, 4.69) is 46.0 Å². The second kappa shape index (κ2) is 5.69. The molecule has 0 atom stereocenters. The summed E-state index contributed by atoms with van der Waals surface area (Å²) in [5.41, 5.74) is 3.48. The summed E-state index contributed by atoms with van der Waals surface area (Å²) in [6, 6.07) is 4.60. The van der Waals surface area contributed by atoms with Crippen molar-refractivity contribution in [1.82, 2.24) is 24.4 Å². The molecule has 0 amide bonds. The first-order chi connectivity index (χ1) is 10.1. The van der Waals surface area contributed by atoms with E-state index in [1.807, 2.05) is 36.4 Å². The monoisotopic (exact) mass is 283 g/mol. The predicted molar refractivity (Wildman–Crippen MR) is 84.0 cm³/mol. The van der Waals surface area contributed by atoms with Gasteiger partial charge in [0.2, 0.25) is 0 Å². The van der Waals surface area contributed by atoms with Gasteiger partial charge in [-0.05, 0) is 17.7 Å². The molecule has 0 spiro atoms. The molecule has 0 saturated carbocycles. The topological polar surface area (TPSA) is 47.7 Å². The number of nitrogens with one attached hydrogen (secondary N) is 1. The van der Waals surface area contributed by atoms with E-state index >= 15 is 0 Å². The van der Waals surface area contributed by atoms with Crippen molar-refractivity contribution >= 4 is 11.0 Å². The van der Waals surface area contributed by atoms with Crippen LogP contribution in [0.25, 0.3) is 11.0 Å². The number of nitrogens with zero attached hydrogens (tertiary/aromatic N) is 4. The van der Waals surface area contributed by atoms with E-state index in [9.17, 15) is 0 Å². The second-order valence-electron chi connectivity index (χ2n) is 5.69.